The van der Waals surface area contributed by atoms with Gasteiger partial charge in [0.2, 0.25) is 11.8 Å². The van der Waals surface area contributed by atoms with Crippen LogP contribution in [0.2, 0.25) is 0 Å². The van der Waals surface area contributed by atoms with Gasteiger partial charge in [0, 0.05) is 24.8 Å². The fourth-order valence-electron chi connectivity index (χ4n) is 2.84. The number of nitrogens with one attached hydrogen (secondary N) is 1. The normalized spacial score (nSPS) is 15.8. The van der Waals surface area contributed by atoms with E-state index in [2.05, 4.69) is 20.5 Å². The summed E-state index contributed by atoms with van der Waals surface area (Å²) in [5.74, 6) is 0.183. The van der Waals surface area contributed by atoms with E-state index >= 15 is 0 Å². The quantitative estimate of drug-likeness (QED) is 0.768. The molecule has 0 aliphatic heterocycles. The van der Waals surface area contributed by atoms with E-state index < -0.39 is 30.1 Å². The summed E-state index contributed by atoms with van der Waals surface area (Å²) in [7, 11) is 0. The molecule has 0 aromatic carbocycles. The van der Waals surface area contributed by atoms with Crippen molar-refractivity contribution in [3.05, 3.63) is 35.3 Å². The molecule has 1 atom stereocenters. The molecule has 0 spiro atoms. The van der Waals surface area contributed by atoms with Crippen molar-refractivity contribution < 1.29 is 27.1 Å². The Morgan fingerprint density at radius 3 is 2.52 bits per heavy atom. The molecule has 29 heavy (non-hydrogen) atoms. The van der Waals surface area contributed by atoms with Crippen molar-refractivity contribution in [2.24, 2.45) is 5.41 Å². The van der Waals surface area contributed by atoms with Gasteiger partial charge in [-0.3, -0.25) is 9.78 Å². The number of carbonyl (C=O) groups excluding carboxylic acids is 1. The Labute approximate surface area is 166 Å². The van der Waals surface area contributed by atoms with Crippen molar-refractivity contribution in [3.8, 4) is 5.75 Å². The van der Waals surface area contributed by atoms with Gasteiger partial charge in [0.1, 0.15) is 17.5 Å². The molecule has 1 aliphatic rings. The zero-order valence-electron chi connectivity index (χ0n) is 16.6. The molecule has 0 saturated heterocycles. The fourth-order valence-corrected chi connectivity index (χ4v) is 2.84. The molecule has 1 saturated carbocycles. The van der Waals surface area contributed by atoms with Crippen molar-refractivity contribution in [1.29, 1.82) is 0 Å². The van der Waals surface area contributed by atoms with E-state index in [9.17, 15) is 18.0 Å². The maximum atomic E-state index is 12.8. The van der Waals surface area contributed by atoms with E-state index in [1.54, 1.807) is 6.92 Å². The first-order valence-corrected chi connectivity index (χ1v) is 9.24. The average molecular weight is 412 g/mol. The molecule has 0 bridgehead atoms. The highest BCUT2D eigenvalue weighted by Gasteiger charge is 2.35. The Kier molecular flexibility index (Phi) is 5.55. The topological polar surface area (TPSA) is 90.1 Å². The van der Waals surface area contributed by atoms with Crippen LogP contribution in [0, 0.1) is 12.3 Å². The number of halogens is 3. The Hall–Kier alpha value is -2.65. The lowest BCUT2D eigenvalue weighted by Gasteiger charge is -2.28. The summed E-state index contributed by atoms with van der Waals surface area (Å²) in [6, 6.07) is 0.647. The van der Waals surface area contributed by atoms with Gasteiger partial charge in [-0.15, -0.1) is 10.2 Å². The van der Waals surface area contributed by atoms with E-state index in [0.29, 0.717) is 11.5 Å². The van der Waals surface area contributed by atoms with Crippen LogP contribution >= 0.6 is 0 Å². The Balaban J connectivity index is 1.83. The maximum absolute atomic E-state index is 12.8. The van der Waals surface area contributed by atoms with Crippen LogP contribution in [0.15, 0.2) is 16.7 Å². The lowest BCUT2D eigenvalue weighted by atomic mass is 9.86. The number of ether oxygens (including phenoxy) is 1. The van der Waals surface area contributed by atoms with Crippen LogP contribution in [0.4, 0.5) is 13.2 Å². The molecule has 2 aromatic heterocycles. The number of alkyl halides is 3. The average Bonchev–Trinajstić information content (AvgIpc) is 3.37. The minimum Gasteiger partial charge on any atom is -0.484 e. The minimum absolute atomic E-state index is 0.0333. The monoisotopic (exact) mass is 412 g/mol. The molecule has 7 nitrogen and oxygen atoms in total. The summed E-state index contributed by atoms with van der Waals surface area (Å²) in [6.07, 6.45) is -1.34. The van der Waals surface area contributed by atoms with Crippen LogP contribution in [0.1, 0.15) is 73.4 Å². The molecule has 2 heterocycles. The number of rotatable bonds is 6. The summed E-state index contributed by atoms with van der Waals surface area (Å²) < 4.78 is 48.2. The second-order valence-corrected chi connectivity index (χ2v) is 8.22. The molecule has 0 unspecified atom stereocenters. The van der Waals surface area contributed by atoms with E-state index in [1.165, 1.54) is 12.3 Å². The third kappa shape index (κ3) is 5.45. The standard InChI is InChI=1S/C19H23F3N4O3/c1-10-25-26-17(29-10)15(18(2,3)4)24-16(27)13-7-14(28-9-19(20,21)22)12(8-23-13)11-5-6-11/h7-8,11,15H,5-6,9H2,1-4H3,(H,24,27)/t15-/m0/s1. The molecular formula is C19H23F3N4O3. The fraction of sp³-hybridized carbons (Fsp3) is 0.579. The Bertz CT molecular complexity index is 886. The van der Waals surface area contributed by atoms with Gasteiger partial charge >= 0.3 is 6.18 Å². The Morgan fingerprint density at radius 1 is 1.31 bits per heavy atom. The minimum atomic E-state index is -4.47. The van der Waals surface area contributed by atoms with Gasteiger partial charge in [-0.05, 0) is 24.2 Å². The van der Waals surface area contributed by atoms with Gasteiger partial charge in [-0.2, -0.15) is 13.2 Å². The second kappa shape index (κ2) is 7.64. The molecule has 10 heteroatoms. The molecule has 2 aromatic rings. The lowest BCUT2D eigenvalue weighted by Crippen LogP contribution is -2.37. The number of aryl methyl sites for hydroxylation is 1. The van der Waals surface area contributed by atoms with Crippen molar-refractivity contribution >= 4 is 5.91 Å². The number of amides is 1. The molecule has 0 radical (unpaired) electrons. The van der Waals surface area contributed by atoms with E-state index in [-0.39, 0.29) is 23.3 Å². The molecule has 1 fully saturated rings. The third-order valence-corrected chi connectivity index (χ3v) is 4.47. The van der Waals surface area contributed by atoms with Gasteiger partial charge < -0.3 is 14.5 Å². The van der Waals surface area contributed by atoms with E-state index in [1.807, 2.05) is 20.8 Å². The highest BCUT2D eigenvalue weighted by atomic mass is 19.4. The van der Waals surface area contributed by atoms with Crippen LogP contribution in [-0.2, 0) is 0 Å². The van der Waals surface area contributed by atoms with Gasteiger partial charge in [-0.25, -0.2) is 0 Å². The van der Waals surface area contributed by atoms with Crippen molar-refractivity contribution in [2.75, 3.05) is 6.61 Å². The lowest BCUT2D eigenvalue weighted by molar-refractivity contribution is -0.153. The number of hydrogen-bond acceptors (Lipinski definition) is 6. The SMILES string of the molecule is Cc1nnc([C@H](NC(=O)c2cc(OCC(F)(F)F)c(C3CC3)cn2)C(C)(C)C)o1. The van der Waals surface area contributed by atoms with Crippen LogP contribution in [0.25, 0.3) is 0 Å². The molecule has 158 valence electrons. The first kappa shape index (κ1) is 21.1. The van der Waals surface area contributed by atoms with Gasteiger partial charge in [0.15, 0.2) is 6.61 Å². The van der Waals surface area contributed by atoms with Crippen LogP contribution < -0.4 is 10.1 Å². The second-order valence-electron chi connectivity index (χ2n) is 8.22. The number of pyridine rings is 1. The van der Waals surface area contributed by atoms with Crippen LogP contribution in [-0.4, -0.2) is 33.9 Å². The third-order valence-electron chi connectivity index (χ3n) is 4.47. The van der Waals surface area contributed by atoms with E-state index in [4.69, 9.17) is 9.15 Å². The van der Waals surface area contributed by atoms with Crippen LogP contribution in [0.5, 0.6) is 5.75 Å². The van der Waals surface area contributed by atoms with Crippen molar-refractivity contribution in [1.82, 2.24) is 20.5 Å². The summed E-state index contributed by atoms with van der Waals surface area (Å²) in [4.78, 5) is 16.9. The number of hydrogen-bond donors (Lipinski definition) is 1. The largest absolute Gasteiger partial charge is 0.484 e. The first-order chi connectivity index (χ1) is 13.4. The zero-order chi connectivity index (χ0) is 21.4. The van der Waals surface area contributed by atoms with E-state index in [0.717, 1.165) is 12.8 Å². The number of carbonyl (C=O) groups is 1. The molecule has 3 rings (SSSR count). The highest BCUT2D eigenvalue weighted by Crippen LogP contribution is 2.44. The summed E-state index contributed by atoms with van der Waals surface area (Å²) in [5.41, 5.74) is 0.0841. The molecule has 1 amide bonds. The van der Waals surface area contributed by atoms with Crippen molar-refractivity contribution in [3.63, 3.8) is 0 Å². The maximum Gasteiger partial charge on any atom is 0.422 e. The smallest absolute Gasteiger partial charge is 0.422 e. The summed E-state index contributed by atoms with van der Waals surface area (Å²) in [5, 5.41) is 10.6. The molecule has 1 N–H and O–H groups in total. The van der Waals surface area contributed by atoms with Crippen molar-refractivity contribution in [2.45, 2.75) is 58.7 Å². The van der Waals surface area contributed by atoms with Gasteiger partial charge in [0.25, 0.3) is 5.91 Å². The van der Waals surface area contributed by atoms with Gasteiger partial charge in [0.05, 0.1) is 0 Å². The molecule has 1 aliphatic carbocycles. The number of aromatic nitrogens is 3. The Morgan fingerprint density at radius 2 is 2.00 bits per heavy atom. The van der Waals surface area contributed by atoms with Gasteiger partial charge in [-0.1, -0.05) is 20.8 Å². The highest BCUT2D eigenvalue weighted by molar-refractivity contribution is 5.93. The summed E-state index contributed by atoms with van der Waals surface area (Å²) in [6.45, 7) is 5.88. The zero-order valence-corrected chi connectivity index (χ0v) is 16.6. The first-order valence-electron chi connectivity index (χ1n) is 9.24. The number of nitrogens with zero attached hydrogens (tertiary/aromatic N) is 3. The summed E-state index contributed by atoms with van der Waals surface area (Å²) >= 11 is 0. The molecular weight excluding hydrogens is 389 g/mol. The van der Waals surface area contributed by atoms with Crippen LogP contribution in [0.3, 0.4) is 0 Å². The predicted octanol–water partition coefficient (Wildman–Crippen LogP) is 4.11. The predicted molar refractivity (Wildman–Crippen MR) is 96.5 cm³/mol.